The van der Waals surface area contributed by atoms with Crippen LogP contribution in [-0.2, 0) is 49.5 Å². The van der Waals surface area contributed by atoms with Crippen LogP contribution >= 0.6 is 0 Å². The first-order valence-corrected chi connectivity index (χ1v) is 24.1. The summed E-state index contributed by atoms with van der Waals surface area (Å²) in [4.78, 5) is 54.5. The Labute approximate surface area is 347 Å². The van der Waals surface area contributed by atoms with Crippen molar-refractivity contribution in [2.45, 2.75) is 154 Å². The minimum atomic E-state index is -3.86. The highest BCUT2D eigenvalue weighted by atomic mass is 32.2. The highest BCUT2D eigenvalue weighted by Gasteiger charge is 2.43. The summed E-state index contributed by atoms with van der Waals surface area (Å²) in [5.74, 6) is -2.01. The number of hydrogen-bond donors (Lipinski definition) is 2. The van der Waals surface area contributed by atoms with E-state index in [1.807, 2.05) is 52.8 Å². The monoisotopic (exact) mass is 849 g/mol. The molecule has 1 aliphatic heterocycles. The zero-order valence-corrected chi connectivity index (χ0v) is 37.8. The molecule has 0 spiro atoms. The van der Waals surface area contributed by atoms with Crippen molar-refractivity contribution in [1.82, 2.24) is 14.9 Å². The van der Waals surface area contributed by atoms with Crippen LogP contribution < -0.4 is 14.8 Å². The summed E-state index contributed by atoms with van der Waals surface area (Å²) in [6.07, 6.45) is 6.45. The Morgan fingerprint density at radius 3 is 2.03 bits per heavy atom. The van der Waals surface area contributed by atoms with Crippen molar-refractivity contribution >= 4 is 43.4 Å². The van der Waals surface area contributed by atoms with Gasteiger partial charge in [0.15, 0.2) is 9.84 Å². The number of carbonyl (C=O) groups excluding carboxylic acids is 4. The fourth-order valence-corrected chi connectivity index (χ4v) is 10.3. The maximum absolute atomic E-state index is 13.6. The number of sulfonamides is 1. The zero-order chi connectivity index (χ0) is 43.8. The van der Waals surface area contributed by atoms with Crippen LogP contribution in [0, 0.1) is 26.7 Å². The first-order chi connectivity index (χ1) is 27.4. The number of carbonyl (C=O) groups is 4. The van der Waals surface area contributed by atoms with Gasteiger partial charge in [0.05, 0.1) is 24.4 Å². The normalized spacial score (nSPS) is 19.7. The Hall–Kier alpha value is -3.82. The number of aryl methyl sites for hydroxylation is 1. The van der Waals surface area contributed by atoms with Crippen LogP contribution in [0.1, 0.15) is 121 Å². The van der Waals surface area contributed by atoms with E-state index in [4.69, 9.17) is 9.47 Å². The van der Waals surface area contributed by atoms with E-state index in [0.717, 1.165) is 24.0 Å². The summed E-state index contributed by atoms with van der Waals surface area (Å²) in [6, 6.07) is 8.59. The maximum atomic E-state index is 13.6. The molecule has 1 unspecified atom stereocenters. The molecule has 1 saturated carbocycles. The van der Waals surface area contributed by atoms with Crippen LogP contribution in [0.4, 0.5) is 0 Å². The quantitative estimate of drug-likeness (QED) is 0.111. The number of hydrogen-bond acceptors (Lipinski definition) is 10. The lowest BCUT2D eigenvalue weighted by atomic mass is 9.80. The average molecular weight is 850 g/mol. The van der Waals surface area contributed by atoms with E-state index in [-0.39, 0.29) is 41.7 Å². The fourth-order valence-electron chi connectivity index (χ4n) is 7.63. The molecule has 15 heteroatoms. The summed E-state index contributed by atoms with van der Waals surface area (Å²) >= 11 is 0. The number of ketones is 1. The molecule has 326 valence electrons. The van der Waals surface area contributed by atoms with Crippen molar-refractivity contribution in [3.63, 3.8) is 0 Å². The molecule has 2 aliphatic rings. The van der Waals surface area contributed by atoms with E-state index < -0.39 is 55.5 Å². The van der Waals surface area contributed by atoms with Crippen molar-refractivity contribution in [3.05, 3.63) is 58.7 Å². The number of Topliss-reactive ketones (excluding diaryl/α,β-unsaturated/α-hetero) is 1. The summed E-state index contributed by atoms with van der Waals surface area (Å²) in [7, 11) is -5.19. The Balaban J connectivity index is 0.000000761. The molecule has 3 atom stereocenters. The lowest BCUT2D eigenvalue weighted by molar-refractivity contribution is -0.156. The van der Waals surface area contributed by atoms with Gasteiger partial charge in [-0.2, -0.15) is 0 Å². The number of unbranched alkanes of at least 4 members (excludes halogenated alkanes) is 1. The van der Waals surface area contributed by atoms with E-state index in [1.54, 1.807) is 51.0 Å². The van der Waals surface area contributed by atoms with Gasteiger partial charge in [-0.05, 0) is 106 Å². The molecule has 2 amide bonds. The molecule has 1 aliphatic carbocycles. The topological polar surface area (TPSA) is 182 Å². The second-order valence-corrected chi connectivity index (χ2v) is 18.7. The summed E-state index contributed by atoms with van der Waals surface area (Å²) in [5.41, 5.74) is 2.80. The molecule has 4 rings (SSSR count). The van der Waals surface area contributed by atoms with Gasteiger partial charge in [0.2, 0.25) is 21.8 Å². The molecule has 0 aromatic heterocycles. The van der Waals surface area contributed by atoms with E-state index in [2.05, 4.69) is 10.0 Å². The number of esters is 1. The molecule has 1 saturated heterocycles. The first-order valence-electron chi connectivity index (χ1n) is 20.6. The van der Waals surface area contributed by atoms with Gasteiger partial charge in [-0.3, -0.25) is 14.4 Å². The predicted molar refractivity (Wildman–Crippen MR) is 227 cm³/mol. The van der Waals surface area contributed by atoms with Crippen molar-refractivity contribution in [2.24, 2.45) is 5.92 Å². The smallest absolute Gasteiger partial charge is 0.376 e. The Morgan fingerprint density at radius 1 is 0.879 bits per heavy atom. The van der Waals surface area contributed by atoms with Gasteiger partial charge in [-0.25, -0.2) is 26.4 Å². The highest BCUT2D eigenvalue weighted by Crippen LogP contribution is 2.34. The lowest BCUT2D eigenvalue weighted by Gasteiger charge is -2.35. The van der Waals surface area contributed by atoms with Crippen molar-refractivity contribution in [2.75, 3.05) is 20.0 Å². The summed E-state index contributed by atoms with van der Waals surface area (Å²) in [6.45, 7) is 15.1. The molecule has 2 fully saturated rings. The summed E-state index contributed by atoms with van der Waals surface area (Å²) in [5, 5.41) is 2.84. The molecule has 13 nitrogen and oxygen atoms in total. The van der Waals surface area contributed by atoms with Crippen LogP contribution in [0.3, 0.4) is 0 Å². The van der Waals surface area contributed by atoms with Gasteiger partial charge in [-0.1, -0.05) is 71.4 Å². The highest BCUT2D eigenvalue weighted by molar-refractivity contribution is 7.90. The SMILES string of the molecule is CC.CCCCOC(=O)C(=O)C(NC(=O)[C@@H]1CC[C@@H](CC)N1C(=O)CC)C1CCC(NS(=O)(=O)c2c(C)cc(OC)c(C)c2C)CC1.CS(=O)(=O)Cc1ccccc1. The molecule has 0 bridgehead atoms. The van der Waals surface area contributed by atoms with Crippen LogP contribution in [0.15, 0.2) is 41.3 Å². The number of likely N-dealkylation sites (tertiary alicyclic amines) is 1. The van der Waals surface area contributed by atoms with E-state index in [1.165, 1.54) is 6.26 Å². The van der Waals surface area contributed by atoms with Crippen LogP contribution in [0.2, 0.25) is 0 Å². The minimum Gasteiger partial charge on any atom is -0.496 e. The maximum Gasteiger partial charge on any atom is 0.376 e. The summed E-state index contributed by atoms with van der Waals surface area (Å²) < 4.78 is 62.1. The van der Waals surface area contributed by atoms with E-state index in [9.17, 15) is 36.0 Å². The Morgan fingerprint density at radius 2 is 1.50 bits per heavy atom. The average Bonchev–Trinajstić information content (AvgIpc) is 3.63. The number of sulfone groups is 1. The van der Waals surface area contributed by atoms with Gasteiger partial charge in [0.1, 0.15) is 17.8 Å². The number of rotatable bonds is 16. The number of nitrogens with zero attached hydrogens (tertiary/aromatic N) is 1. The Kier molecular flexibility index (Phi) is 20.6. The van der Waals surface area contributed by atoms with Crippen LogP contribution in [0.25, 0.3) is 0 Å². The molecule has 2 aromatic carbocycles. The molecule has 1 heterocycles. The lowest BCUT2D eigenvalue weighted by Crippen LogP contribution is -2.56. The van der Waals surface area contributed by atoms with Gasteiger partial charge in [-0.15, -0.1) is 0 Å². The number of nitrogens with one attached hydrogen (secondary N) is 2. The minimum absolute atomic E-state index is 0.0495. The van der Waals surface area contributed by atoms with Gasteiger partial charge >= 0.3 is 5.97 Å². The molecule has 58 heavy (non-hydrogen) atoms. The van der Waals surface area contributed by atoms with Crippen molar-refractivity contribution in [1.29, 1.82) is 0 Å². The largest absolute Gasteiger partial charge is 0.496 e. The van der Waals surface area contributed by atoms with Crippen LogP contribution in [-0.4, -0.2) is 89.4 Å². The van der Waals surface area contributed by atoms with Crippen molar-refractivity contribution in [3.8, 4) is 5.75 Å². The fraction of sp³-hybridized carbons (Fsp3) is 0.628. The van der Waals surface area contributed by atoms with Gasteiger partial charge in [0, 0.05) is 24.8 Å². The number of ether oxygens (including phenoxy) is 2. The molecule has 2 aromatic rings. The molecular formula is C43H67N3O10S2. The van der Waals surface area contributed by atoms with E-state index >= 15 is 0 Å². The van der Waals surface area contributed by atoms with Gasteiger partial charge < -0.3 is 19.7 Å². The number of amides is 2. The number of methoxy groups -OCH3 is 1. The zero-order valence-electron chi connectivity index (χ0n) is 36.2. The van der Waals surface area contributed by atoms with Crippen LogP contribution in [0.5, 0.6) is 5.75 Å². The van der Waals surface area contributed by atoms with E-state index in [0.29, 0.717) is 61.8 Å². The number of benzene rings is 2. The first kappa shape index (κ1) is 50.3. The second kappa shape index (κ2) is 23.7. The second-order valence-electron chi connectivity index (χ2n) is 14.9. The predicted octanol–water partition coefficient (Wildman–Crippen LogP) is 6.29. The third-order valence-corrected chi connectivity index (χ3v) is 13.4. The molecule has 2 N–H and O–H groups in total. The molecular weight excluding hydrogens is 783 g/mol. The Bertz CT molecular complexity index is 1890. The molecule has 0 radical (unpaired) electrons. The third-order valence-electron chi connectivity index (χ3n) is 10.7. The van der Waals surface area contributed by atoms with Gasteiger partial charge in [0.25, 0.3) is 5.78 Å². The standard InChI is InChI=1S/C33H51N3O8S.C8H10O2S.C2H6/c1-8-11-18-44-33(40)30(38)29(34-32(39)26-17-16-25(9-2)36(26)28(37)10-3)23-12-14-24(15-13-23)35-45(41,42)31-20(4)19-27(43-7)21(5)22(31)6;1-11(9,10)7-8-5-3-2-4-6-8;1-2/h19,23-26,29,35H,8-18H2,1-7H3,(H,34,39);2-6H,7H2,1H3;1-2H3/t23?,24?,25-,26+,29?;;/m1../s1. The van der Waals surface area contributed by atoms with Crippen molar-refractivity contribution < 1.29 is 45.5 Å². The third kappa shape index (κ3) is 14.2.